The van der Waals surface area contributed by atoms with E-state index in [0.29, 0.717) is 35.9 Å². The summed E-state index contributed by atoms with van der Waals surface area (Å²) in [6.45, 7) is 5.79. The summed E-state index contributed by atoms with van der Waals surface area (Å²) in [7, 11) is 0. The van der Waals surface area contributed by atoms with Crippen LogP contribution in [-0.4, -0.2) is 29.6 Å². The molecule has 3 nitrogen and oxygen atoms in total. The van der Waals surface area contributed by atoms with E-state index < -0.39 is 0 Å². The Morgan fingerprint density at radius 1 is 0.763 bits per heavy atom. The van der Waals surface area contributed by atoms with E-state index in [-0.39, 0.29) is 5.41 Å². The SMILES string of the molecule is CC1(C)C2=CCC(N3C4=C(C=CCC4)C4C=C(C5=CC=C6C(C5)C5CCCCC5N6c5cc(C6=CCCC=C6)cc(C6=CNCC=C6)c5)C=CC43)C=C2C2=C1C=CCC2. The van der Waals surface area contributed by atoms with Crippen LogP contribution in [0.1, 0.15) is 102 Å². The monoisotopic (exact) mass is 773 g/mol. The van der Waals surface area contributed by atoms with Gasteiger partial charge >= 0.3 is 0 Å². The van der Waals surface area contributed by atoms with E-state index in [1.54, 1.807) is 44.8 Å². The second kappa shape index (κ2) is 14.0. The maximum Gasteiger partial charge on any atom is 0.0584 e. The smallest absolute Gasteiger partial charge is 0.0584 e. The van der Waals surface area contributed by atoms with Crippen LogP contribution < -0.4 is 10.2 Å². The molecule has 1 N–H and O–H groups in total. The summed E-state index contributed by atoms with van der Waals surface area (Å²) in [5.41, 5.74) is 20.9. The number of hydrogen-bond donors (Lipinski definition) is 1. The fourth-order valence-corrected chi connectivity index (χ4v) is 13.3. The van der Waals surface area contributed by atoms with Crippen LogP contribution in [0.2, 0.25) is 0 Å². The van der Waals surface area contributed by atoms with Gasteiger partial charge < -0.3 is 15.1 Å². The number of dihydropyridines is 1. The molecule has 59 heavy (non-hydrogen) atoms. The van der Waals surface area contributed by atoms with Crippen LogP contribution in [0.5, 0.6) is 0 Å². The minimum Gasteiger partial charge on any atom is -0.387 e. The molecule has 0 aromatic heterocycles. The first kappa shape index (κ1) is 35.9. The minimum absolute atomic E-state index is 0.117. The molecule has 6 atom stereocenters. The Morgan fingerprint density at radius 3 is 2.49 bits per heavy atom. The largest absolute Gasteiger partial charge is 0.387 e. The molecule has 1 aromatic carbocycles. The van der Waals surface area contributed by atoms with Crippen molar-refractivity contribution in [2.24, 2.45) is 23.2 Å². The molecule has 3 heteroatoms. The number of benzene rings is 1. The first-order chi connectivity index (χ1) is 29.0. The third-order valence-corrected chi connectivity index (χ3v) is 16.0. The summed E-state index contributed by atoms with van der Waals surface area (Å²) in [5, 5.41) is 3.48. The van der Waals surface area contributed by atoms with Gasteiger partial charge in [-0.2, -0.15) is 0 Å². The second-order valence-electron chi connectivity index (χ2n) is 19.5. The highest BCUT2D eigenvalue weighted by Crippen LogP contribution is 2.57. The fraction of sp³-hybridized carbons (Fsp3) is 0.393. The van der Waals surface area contributed by atoms with E-state index in [2.05, 4.69) is 151 Å². The third-order valence-electron chi connectivity index (χ3n) is 16.0. The van der Waals surface area contributed by atoms with Crippen LogP contribution in [0.25, 0.3) is 11.1 Å². The van der Waals surface area contributed by atoms with E-state index in [1.807, 2.05) is 0 Å². The fourth-order valence-electron chi connectivity index (χ4n) is 13.3. The van der Waals surface area contributed by atoms with Crippen LogP contribution in [0.4, 0.5) is 5.69 Å². The van der Waals surface area contributed by atoms with Crippen molar-refractivity contribution in [2.45, 2.75) is 109 Å². The summed E-state index contributed by atoms with van der Waals surface area (Å²) in [5.74, 6) is 1.67. The van der Waals surface area contributed by atoms with E-state index >= 15 is 0 Å². The van der Waals surface area contributed by atoms with Gasteiger partial charge in [0.15, 0.2) is 0 Å². The van der Waals surface area contributed by atoms with Crippen LogP contribution in [0, 0.1) is 23.2 Å². The first-order valence-electron chi connectivity index (χ1n) is 23.3. The third kappa shape index (κ3) is 5.73. The maximum atomic E-state index is 3.48. The molecule has 298 valence electrons. The minimum atomic E-state index is 0.117. The molecule has 1 saturated carbocycles. The zero-order chi connectivity index (χ0) is 39.2. The molecule has 12 rings (SSSR count). The highest BCUT2D eigenvalue weighted by Gasteiger charge is 2.49. The standard InChI is InChI=1S/C56H59N3/c1-56(2)50-19-9-6-16-44(50)47-34-42(24-25-51(47)56)58-52-20-10-7-17-45(52)48-32-37(22-26-54(48)58)38-23-27-55-49(33-38)46-18-8-11-21-53(46)59(55)43-30-40(36-13-4-3-5-14-36)29-41(31-43)39-15-12-28-57-35-39/h4,7,9,12-15,17,19,22-23,25-27,29-32,34-35,42,46,48-49,53-54,57H,3,5-6,8,10-11,16,18,20-21,24,28,33H2,1-2H3. The summed E-state index contributed by atoms with van der Waals surface area (Å²) >= 11 is 0. The van der Waals surface area contributed by atoms with E-state index in [1.165, 1.54) is 72.1 Å². The van der Waals surface area contributed by atoms with Crippen molar-refractivity contribution < 1.29 is 0 Å². The lowest BCUT2D eigenvalue weighted by atomic mass is 9.74. The molecular weight excluding hydrogens is 715 g/mol. The van der Waals surface area contributed by atoms with E-state index in [9.17, 15) is 0 Å². The maximum absolute atomic E-state index is 3.48. The number of fused-ring (bicyclic) bond motifs is 7. The molecular formula is C56H59N3. The van der Waals surface area contributed by atoms with Crippen LogP contribution in [0.3, 0.4) is 0 Å². The topological polar surface area (TPSA) is 18.5 Å². The summed E-state index contributed by atoms with van der Waals surface area (Å²) in [4.78, 5) is 5.68. The second-order valence-corrected chi connectivity index (χ2v) is 19.5. The van der Waals surface area contributed by atoms with Gasteiger partial charge in [0.25, 0.3) is 0 Å². The summed E-state index contributed by atoms with van der Waals surface area (Å²) in [6, 6.07) is 8.78. The lowest BCUT2D eigenvalue weighted by Gasteiger charge is -2.39. The van der Waals surface area contributed by atoms with Gasteiger partial charge in [0.2, 0.25) is 0 Å². The molecule has 11 aliphatic rings. The lowest BCUT2D eigenvalue weighted by molar-refractivity contribution is 0.242. The number of rotatable bonds is 5. The normalized spacial score (nSPS) is 32.1. The molecule has 2 fully saturated rings. The molecule has 0 radical (unpaired) electrons. The lowest BCUT2D eigenvalue weighted by Crippen LogP contribution is -2.41. The van der Waals surface area contributed by atoms with Crippen molar-refractivity contribution in [1.82, 2.24) is 10.2 Å². The van der Waals surface area contributed by atoms with Crippen LogP contribution in [-0.2, 0) is 0 Å². The number of nitrogens with one attached hydrogen (secondary N) is 1. The van der Waals surface area contributed by atoms with Gasteiger partial charge in [0, 0.05) is 53.1 Å². The van der Waals surface area contributed by atoms with Crippen molar-refractivity contribution in [3.05, 3.63) is 183 Å². The highest BCUT2D eigenvalue weighted by atomic mass is 15.2. The molecule has 3 heterocycles. The van der Waals surface area contributed by atoms with Gasteiger partial charge in [-0.25, -0.2) is 0 Å². The molecule has 6 unspecified atom stereocenters. The Balaban J connectivity index is 0.878. The molecule has 0 spiro atoms. The Labute approximate surface area is 352 Å². The van der Waals surface area contributed by atoms with Gasteiger partial charge in [0.1, 0.15) is 0 Å². The molecule has 0 amide bonds. The van der Waals surface area contributed by atoms with E-state index in [4.69, 9.17) is 0 Å². The first-order valence-corrected chi connectivity index (χ1v) is 23.3. The molecule has 8 aliphatic carbocycles. The predicted molar refractivity (Wildman–Crippen MR) is 246 cm³/mol. The summed E-state index contributed by atoms with van der Waals surface area (Å²) < 4.78 is 0. The number of nitrogens with zero attached hydrogens (tertiary/aromatic N) is 2. The number of allylic oxidation sites excluding steroid dienone is 21. The van der Waals surface area contributed by atoms with Gasteiger partial charge in [-0.3, -0.25) is 0 Å². The highest BCUT2D eigenvalue weighted by molar-refractivity contribution is 5.84. The number of hydrogen-bond acceptors (Lipinski definition) is 3. The van der Waals surface area contributed by atoms with Crippen molar-refractivity contribution in [2.75, 3.05) is 11.4 Å². The Morgan fingerprint density at radius 2 is 1.61 bits per heavy atom. The molecule has 0 bridgehead atoms. The zero-order valence-corrected chi connectivity index (χ0v) is 35.1. The quantitative estimate of drug-likeness (QED) is 0.321. The van der Waals surface area contributed by atoms with Gasteiger partial charge in [-0.1, -0.05) is 118 Å². The van der Waals surface area contributed by atoms with Crippen molar-refractivity contribution >= 4 is 16.8 Å². The molecule has 3 aliphatic heterocycles. The van der Waals surface area contributed by atoms with Crippen molar-refractivity contribution in [3.63, 3.8) is 0 Å². The molecule has 1 saturated heterocycles. The Kier molecular flexibility index (Phi) is 8.54. The van der Waals surface area contributed by atoms with Gasteiger partial charge in [0.05, 0.1) is 12.1 Å². The Hall–Kier alpha value is -5.02. The van der Waals surface area contributed by atoms with Crippen molar-refractivity contribution in [1.29, 1.82) is 0 Å². The predicted octanol–water partition coefficient (Wildman–Crippen LogP) is 12.8. The average molecular weight is 774 g/mol. The summed E-state index contributed by atoms with van der Waals surface area (Å²) in [6.07, 6.45) is 56.3. The van der Waals surface area contributed by atoms with Gasteiger partial charge in [-0.05, 0) is 156 Å². The number of anilines is 1. The van der Waals surface area contributed by atoms with Gasteiger partial charge in [-0.15, -0.1) is 0 Å². The Bertz CT molecular complexity index is 2420. The van der Waals surface area contributed by atoms with Crippen LogP contribution >= 0.6 is 0 Å². The molecule has 1 aromatic rings. The van der Waals surface area contributed by atoms with Crippen molar-refractivity contribution in [3.8, 4) is 0 Å². The van der Waals surface area contributed by atoms with Crippen LogP contribution in [0.15, 0.2) is 172 Å². The van der Waals surface area contributed by atoms with E-state index in [0.717, 1.165) is 45.1 Å². The average Bonchev–Trinajstić information content (AvgIpc) is 3.89. The zero-order valence-electron chi connectivity index (χ0n) is 35.1.